The van der Waals surface area contributed by atoms with Crippen molar-refractivity contribution in [3.63, 3.8) is 0 Å². The van der Waals surface area contributed by atoms with Crippen LogP contribution in [0, 0.1) is 0 Å². The van der Waals surface area contributed by atoms with Crippen LogP contribution >= 0.6 is 0 Å². The molecule has 0 radical (unpaired) electrons. The van der Waals surface area contributed by atoms with Gasteiger partial charge in [-0.2, -0.15) is 5.10 Å². The SMILES string of the molecule is CN(C(=O)c1cnn(C)c1)c1cccc(N)c1. The summed E-state index contributed by atoms with van der Waals surface area (Å²) in [6, 6.07) is 7.20. The number of anilines is 2. The molecular formula is C12H14N4O. The summed E-state index contributed by atoms with van der Waals surface area (Å²) < 4.78 is 1.60. The van der Waals surface area contributed by atoms with Crippen LogP contribution in [0.4, 0.5) is 11.4 Å². The summed E-state index contributed by atoms with van der Waals surface area (Å²) in [4.78, 5) is 13.7. The fraction of sp³-hybridized carbons (Fsp3) is 0.167. The molecule has 0 unspecified atom stereocenters. The van der Waals surface area contributed by atoms with Crippen molar-refractivity contribution in [2.24, 2.45) is 7.05 Å². The maximum Gasteiger partial charge on any atom is 0.261 e. The molecule has 0 spiro atoms. The molecule has 1 aromatic heterocycles. The number of nitrogen functional groups attached to an aromatic ring is 1. The number of hydrogen-bond acceptors (Lipinski definition) is 3. The summed E-state index contributed by atoms with van der Waals surface area (Å²) in [6.07, 6.45) is 3.23. The summed E-state index contributed by atoms with van der Waals surface area (Å²) in [5.74, 6) is -0.108. The maximum atomic E-state index is 12.1. The standard InChI is InChI=1S/C12H14N4O/c1-15-8-9(7-14-15)12(17)16(2)11-5-3-4-10(13)6-11/h3-8H,13H2,1-2H3. The van der Waals surface area contributed by atoms with Crippen LogP contribution in [0.3, 0.4) is 0 Å². The smallest absolute Gasteiger partial charge is 0.261 e. The number of benzene rings is 1. The van der Waals surface area contributed by atoms with Crippen LogP contribution < -0.4 is 10.6 Å². The first-order chi connectivity index (χ1) is 8.08. The lowest BCUT2D eigenvalue weighted by molar-refractivity contribution is 0.0993. The summed E-state index contributed by atoms with van der Waals surface area (Å²) in [7, 11) is 3.49. The van der Waals surface area contributed by atoms with Crippen molar-refractivity contribution < 1.29 is 4.79 Å². The monoisotopic (exact) mass is 230 g/mol. The van der Waals surface area contributed by atoms with E-state index >= 15 is 0 Å². The topological polar surface area (TPSA) is 64.2 Å². The van der Waals surface area contributed by atoms with E-state index in [0.29, 0.717) is 11.3 Å². The predicted octanol–water partition coefficient (Wildman–Crippen LogP) is 1.28. The lowest BCUT2D eigenvalue weighted by Crippen LogP contribution is -2.25. The van der Waals surface area contributed by atoms with Gasteiger partial charge in [-0.3, -0.25) is 9.48 Å². The molecule has 0 bridgehead atoms. The minimum atomic E-state index is -0.108. The van der Waals surface area contributed by atoms with Gasteiger partial charge < -0.3 is 10.6 Å². The number of aryl methyl sites for hydroxylation is 1. The fourth-order valence-corrected chi connectivity index (χ4v) is 1.58. The van der Waals surface area contributed by atoms with Gasteiger partial charge >= 0.3 is 0 Å². The van der Waals surface area contributed by atoms with E-state index in [1.807, 2.05) is 12.1 Å². The third-order valence-electron chi connectivity index (χ3n) is 2.51. The Morgan fingerprint density at radius 2 is 2.24 bits per heavy atom. The number of hydrogen-bond donors (Lipinski definition) is 1. The summed E-state index contributed by atoms with van der Waals surface area (Å²) in [5, 5.41) is 3.98. The van der Waals surface area contributed by atoms with E-state index in [1.54, 1.807) is 48.2 Å². The molecule has 5 heteroatoms. The first kappa shape index (κ1) is 11.2. The molecule has 17 heavy (non-hydrogen) atoms. The number of nitrogens with zero attached hydrogens (tertiary/aromatic N) is 3. The van der Waals surface area contributed by atoms with Crippen molar-refractivity contribution in [1.82, 2.24) is 9.78 Å². The van der Waals surface area contributed by atoms with Crippen molar-refractivity contribution >= 4 is 17.3 Å². The van der Waals surface area contributed by atoms with E-state index in [1.165, 1.54) is 0 Å². The van der Waals surface area contributed by atoms with Crippen LogP contribution in [0.1, 0.15) is 10.4 Å². The normalized spacial score (nSPS) is 10.2. The molecule has 0 aliphatic rings. The zero-order valence-corrected chi connectivity index (χ0v) is 9.79. The molecule has 0 aliphatic heterocycles. The van der Waals surface area contributed by atoms with Crippen molar-refractivity contribution in [3.05, 3.63) is 42.2 Å². The fourth-order valence-electron chi connectivity index (χ4n) is 1.58. The zero-order valence-electron chi connectivity index (χ0n) is 9.79. The predicted molar refractivity (Wildman–Crippen MR) is 66.8 cm³/mol. The Bertz CT molecular complexity index is 547. The number of rotatable bonds is 2. The molecule has 0 saturated heterocycles. The van der Waals surface area contributed by atoms with Crippen molar-refractivity contribution in [2.45, 2.75) is 0 Å². The molecule has 1 aromatic carbocycles. The van der Waals surface area contributed by atoms with Gasteiger partial charge in [-0.1, -0.05) is 6.07 Å². The van der Waals surface area contributed by atoms with E-state index in [-0.39, 0.29) is 5.91 Å². The lowest BCUT2D eigenvalue weighted by atomic mass is 10.2. The summed E-state index contributed by atoms with van der Waals surface area (Å²) >= 11 is 0. The van der Waals surface area contributed by atoms with E-state index < -0.39 is 0 Å². The average Bonchev–Trinajstić information content (AvgIpc) is 2.74. The van der Waals surface area contributed by atoms with Gasteiger partial charge in [0.25, 0.3) is 5.91 Å². The molecule has 88 valence electrons. The zero-order chi connectivity index (χ0) is 12.4. The second kappa shape index (κ2) is 4.29. The van der Waals surface area contributed by atoms with Gasteiger partial charge in [-0.25, -0.2) is 0 Å². The Balaban J connectivity index is 2.26. The highest BCUT2D eigenvalue weighted by Gasteiger charge is 2.14. The van der Waals surface area contributed by atoms with Gasteiger partial charge in [0.05, 0.1) is 11.8 Å². The van der Waals surface area contributed by atoms with E-state index in [9.17, 15) is 4.79 Å². The van der Waals surface area contributed by atoms with Crippen LogP contribution in [0.25, 0.3) is 0 Å². The molecule has 0 atom stereocenters. The molecular weight excluding hydrogens is 216 g/mol. The maximum absolute atomic E-state index is 12.1. The lowest BCUT2D eigenvalue weighted by Gasteiger charge is -2.16. The molecule has 2 aromatic rings. The number of nitrogens with two attached hydrogens (primary N) is 1. The van der Waals surface area contributed by atoms with Crippen LogP contribution in [0.2, 0.25) is 0 Å². The molecule has 5 nitrogen and oxygen atoms in total. The van der Waals surface area contributed by atoms with Gasteiger partial charge in [-0.05, 0) is 18.2 Å². The first-order valence-corrected chi connectivity index (χ1v) is 5.20. The van der Waals surface area contributed by atoms with E-state index in [4.69, 9.17) is 5.73 Å². The third kappa shape index (κ3) is 2.28. The van der Waals surface area contributed by atoms with Crippen LogP contribution in [0.15, 0.2) is 36.7 Å². The highest BCUT2D eigenvalue weighted by atomic mass is 16.2. The molecule has 1 amide bonds. The Morgan fingerprint density at radius 3 is 2.82 bits per heavy atom. The van der Waals surface area contributed by atoms with E-state index in [2.05, 4.69) is 5.10 Å². The van der Waals surface area contributed by atoms with Crippen molar-refractivity contribution in [1.29, 1.82) is 0 Å². The average molecular weight is 230 g/mol. The van der Waals surface area contributed by atoms with E-state index in [0.717, 1.165) is 5.69 Å². The number of aromatic nitrogens is 2. The molecule has 0 fully saturated rings. The summed E-state index contributed by atoms with van der Waals surface area (Å²) in [6.45, 7) is 0. The van der Waals surface area contributed by atoms with Crippen LogP contribution in [-0.2, 0) is 7.05 Å². The largest absolute Gasteiger partial charge is 0.399 e. The highest BCUT2D eigenvalue weighted by Crippen LogP contribution is 2.18. The van der Waals surface area contributed by atoms with Crippen LogP contribution in [-0.4, -0.2) is 22.7 Å². The highest BCUT2D eigenvalue weighted by molar-refractivity contribution is 6.05. The molecule has 0 saturated carbocycles. The van der Waals surface area contributed by atoms with Gasteiger partial charge in [0, 0.05) is 31.7 Å². The minimum Gasteiger partial charge on any atom is -0.399 e. The Kier molecular flexibility index (Phi) is 2.82. The molecule has 2 N–H and O–H groups in total. The van der Waals surface area contributed by atoms with Gasteiger partial charge in [-0.15, -0.1) is 0 Å². The second-order valence-electron chi connectivity index (χ2n) is 3.86. The third-order valence-corrected chi connectivity index (χ3v) is 2.51. The summed E-state index contributed by atoms with van der Waals surface area (Å²) in [5.41, 5.74) is 7.63. The quantitative estimate of drug-likeness (QED) is 0.790. The van der Waals surface area contributed by atoms with Crippen molar-refractivity contribution in [2.75, 3.05) is 17.7 Å². The number of carbonyl (C=O) groups excluding carboxylic acids is 1. The number of amides is 1. The molecule has 1 heterocycles. The van der Waals surface area contributed by atoms with Crippen molar-refractivity contribution in [3.8, 4) is 0 Å². The van der Waals surface area contributed by atoms with Crippen LogP contribution in [0.5, 0.6) is 0 Å². The molecule has 2 rings (SSSR count). The molecule has 0 aliphatic carbocycles. The second-order valence-corrected chi connectivity index (χ2v) is 3.86. The number of carbonyl (C=O) groups is 1. The minimum absolute atomic E-state index is 0.108. The van der Waals surface area contributed by atoms with Gasteiger partial charge in [0.15, 0.2) is 0 Å². The Hall–Kier alpha value is -2.30. The van der Waals surface area contributed by atoms with Gasteiger partial charge in [0.1, 0.15) is 0 Å². The first-order valence-electron chi connectivity index (χ1n) is 5.20. The van der Waals surface area contributed by atoms with Gasteiger partial charge in [0.2, 0.25) is 0 Å². The Morgan fingerprint density at radius 1 is 1.47 bits per heavy atom. The Labute approximate surface area is 99.5 Å².